The van der Waals surface area contributed by atoms with Gasteiger partial charge in [-0.3, -0.25) is 9.59 Å². The minimum absolute atomic E-state index is 0.0868. The van der Waals surface area contributed by atoms with Gasteiger partial charge in [0.1, 0.15) is 0 Å². The van der Waals surface area contributed by atoms with E-state index in [0.717, 1.165) is 12.8 Å². The molecule has 2 amide bonds. The van der Waals surface area contributed by atoms with E-state index in [2.05, 4.69) is 10.6 Å². The Kier molecular flexibility index (Phi) is 3.68. The molecule has 1 fully saturated rings. The Bertz CT molecular complexity index is 259. The van der Waals surface area contributed by atoms with Crippen LogP contribution in [0.4, 0.5) is 0 Å². The van der Waals surface area contributed by atoms with Crippen LogP contribution in [0.2, 0.25) is 0 Å². The van der Waals surface area contributed by atoms with Gasteiger partial charge in [0.2, 0.25) is 11.8 Å². The maximum Gasteiger partial charge on any atom is 0.233 e. The number of nitrogens with one attached hydrogen (secondary N) is 2. The lowest BCUT2D eigenvalue weighted by atomic mass is 9.93. The number of amides is 2. The largest absolute Gasteiger partial charge is 0.369 e. The first kappa shape index (κ1) is 12.0. The zero-order valence-corrected chi connectivity index (χ0v) is 9.30. The second-order valence-electron chi connectivity index (χ2n) is 4.68. The number of hydrogen-bond acceptors (Lipinski definition) is 3. The maximum atomic E-state index is 11.3. The maximum absolute atomic E-state index is 11.3. The highest BCUT2D eigenvalue weighted by molar-refractivity contribution is 5.82. The lowest BCUT2D eigenvalue weighted by Gasteiger charge is -2.20. The molecular weight excluding hydrogens is 194 g/mol. The summed E-state index contributed by atoms with van der Waals surface area (Å²) in [6, 6.07) is 0.514. The van der Waals surface area contributed by atoms with Crippen LogP contribution in [0.15, 0.2) is 0 Å². The van der Waals surface area contributed by atoms with E-state index in [9.17, 15) is 9.59 Å². The van der Waals surface area contributed by atoms with Gasteiger partial charge in [0, 0.05) is 12.6 Å². The van der Waals surface area contributed by atoms with Crippen LogP contribution in [-0.4, -0.2) is 30.9 Å². The fourth-order valence-corrected chi connectivity index (χ4v) is 0.994. The topological polar surface area (TPSA) is 84.2 Å². The molecule has 1 rings (SSSR count). The molecular formula is C10H19N3O2. The van der Waals surface area contributed by atoms with Crippen molar-refractivity contribution in [2.45, 2.75) is 32.7 Å². The van der Waals surface area contributed by atoms with E-state index >= 15 is 0 Å². The summed E-state index contributed by atoms with van der Waals surface area (Å²) in [6.07, 6.45) is 2.31. The Hall–Kier alpha value is -1.10. The first-order chi connectivity index (χ1) is 6.92. The van der Waals surface area contributed by atoms with Crippen molar-refractivity contribution in [2.24, 2.45) is 11.1 Å². The van der Waals surface area contributed by atoms with Gasteiger partial charge in [0.15, 0.2) is 0 Å². The highest BCUT2D eigenvalue weighted by Gasteiger charge is 2.26. The molecule has 0 saturated heterocycles. The van der Waals surface area contributed by atoms with Crippen molar-refractivity contribution < 1.29 is 9.59 Å². The Morgan fingerprint density at radius 2 is 2.00 bits per heavy atom. The Morgan fingerprint density at radius 3 is 2.47 bits per heavy atom. The van der Waals surface area contributed by atoms with E-state index < -0.39 is 11.3 Å². The van der Waals surface area contributed by atoms with E-state index in [1.54, 1.807) is 13.8 Å². The van der Waals surface area contributed by atoms with E-state index in [4.69, 9.17) is 5.73 Å². The summed E-state index contributed by atoms with van der Waals surface area (Å²) >= 11 is 0. The van der Waals surface area contributed by atoms with E-state index in [-0.39, 0.29) is 12.5 Å². The van der Waals surface area contributed by atoms with Crippen LogP contribution in [0, 0.1) is 5.41 Å². The van der Waals surface area contributed by atoms with Gasteiger partial charge >= 0.3 is 0 Å². The smallest absolute Gasteiger partial charge is 0.233 e. The van der Waals surface area contributed by atoms with Gasteiger partial charge in [0.05, 0.1) is 12.0 Å². The first-order valence-electron chi connectivity index (χ1n) is 5.22. The van der Waals surface area contributed by atoms with Crippen molar-refractivity contribution in [3.63, 3.8) is 0 Å². The monoisotopic (exact) mass is 213 g/mol. The minimum Gasteiger partial charge on any atom is -0.369 e. The number of rotatable bonds is 6. The zero-order valence-electron chi connectivity index (χ0n) is 9.30. The van der Waals surface area contributed by atoms with Crippen molar-refractivity contribution in [1.82, 2.24) is 10.6 Å². The number of nitrogens with two attached hydrogens (primary N) is 1. The molecule has 0 aromatic rings. The highest BCUT2D eigenvalue weighted by Crippen LogP contribution is 2.18. The zero-order chi connectivity index (χ0) is 11.5. The lowest BCUT2D eigenvalue weighted by molar-refractivity contribution is -0.126. The molecule has 0 aliphatic heterocycles. The van der Waals surface area contributed by atoms with Crippen molar-refractivity contribution in [2.75, 3.05) is 13.1 Å². The van der Waals surface area contributed by atoms with E-state index in [1.807, 2.05) is 0 Å². The molecule has 1 aliphatic rings. The molecule has 5 heteroatoms. The third-order valence-corrected chi connectivity index (χ3v) is 2.52. The molecule has 0 bridgehead atoms. The Labute approximate surface area is 89.8 Å². The van der Waals surface area contributed by atoms with Crippen molar-refractivity contribution in [3.05, 3.63) is 0 Å². The summed E-state index contributed by atoms with van der Waals surface area (Å²) in [5.41, 5.74) is 4.50. The number of hydrogen-bond donors (Lipinski definition) is 3. The molecule has 0 atom stereocenters. The SMILES string of the molecule is CC(C)(CNC(=O)CNC1CC1)C(N)=O. The van der Waals surface area contributed by atoms with Gasteiger partial charge in [-0.2, -0.15) is 0 Å². The van der Waals surface area contributed by atoms with Gasteiger partial charge in [0.25, 0.3) is 0 Å². The third kappa shape index (κ3) is 4.29. The van der Waals surface area contributed by atoms with Crippen LogP contribution in [0.5, 0.6) is 0 Å². The molecule has 4 N–H and O–H groups in total. The average Bonchev–Trinajstić information content (AvgIpc) is 2.94. The summed E-state index contributed by atoms with van der Waals surface area (Å²) in [5, 5.41) is 5.78. The minimum atomic E-state index is -0.685. The highest BCUT2D eigenvalue weighted by atomic mass is 16.2. The molecule has 0 heterocycles. The van der Waals surface area contributed by atoms with E-state index in [1.165, 1.54) is 0 Å². The summed E-state index contributed by atoms with van der Waals surface area (Å²) in [7, 11) is 0. The molecule has 0 aromatic carbocycles. The Balaban J connectivity index is 2.17. The van der Waals surface area contributed by atoms with Crippen molar-refractivity contribution in [1.29, 1.82) is 0 Å². The summed E-state index contributed by atoms with van der Waals surface area (Å²) in [6.45, 7) is 4.03. The lowest BCUT2D eigenvalue weighted by Crippen LogP contribution is -2.44. The molecule has 0 spiro atoms. The Morgan fingerprint density at radius 1 is 1.40 bits per heavy atom. The molecule has 0 radical (unpaired) electrons. The third-order valence-electron chi connectivity index (χ3n) is 2.52. The van der Waals surface area contributed by atoms with Crippen LogP contribution in [-0.2, 0) is 9.59 Å². The molecule has 0 aromatic heterocycles. The van der Waals surface area contributed by atoms with Gasteiger partial charge in [-0.05, 0) is 26.7 Å². The number of primary amides is 1. The number of carbonyl (C=O) groups excluding carboxylic acids is 2. The second-order valence-corrected chi connectivity index (χ2v) is 4.68. The van der Waals surface area contributed by atoms with Gasteiger partial charge < -0.3 is 16.4 Å². The van der Waals surface area contributed by atoms with E-state index in [0.29, 0.717) is 12.6 Å². The van der Waals surface area contributed by atoms with Crippen LogP contribution in [0.3, 0.4) is 0 Å². The second kappa shape index (κ2) is 4.61. The van der Waals surface area contributed by atoms with Gasteiger partial charge in [-0.15, -0.1) is 0 Å². The summed E-state index contributed by atoms with van der Waals surface area (Å²) in [5.74, 6) is -0.492. The molecule has 5 nitrogen and oxygen atoms in total. The first-order valence-corrected chi connectivity index (χ1v) is 5.22. The van der Waals surface area contributed by atoms with Crippen LogP contribution in [0.1, 0.15) is 26.7 Å². The fraction of sp³-hybridized carbons (Fsp3) is 0.800. The molecule has 15 heavy (non-hydrogen) atoms. The quantitative estimate of drug-likeness (QED) is 0.549. The fourth-order valence-electron chi connectivity index (χ4n) is 0.994. The standard InChI is InChI=1S/C10H19N3O2/c1-10(2,9(11)15)6-13-8(14)5-12-7-3-4-7/h7,12H,3-6H2,1-2H3,(H2,11,15)(H,13,14). The molecule has 0 unspecified atom stereocenters. The summed E-state index contributed by atoms with van der Waals surface area (Å²) < 4.78 is 0. The van der Waals surface area contributed by atoms with Gasteiger partial charge in [-0.1, -0.05) is 0 Å². The normalized spacial score (nSPS) is 16.1. The van der Waals surface area contributed by atoms with Gasteiger partial charge in [-0.25, -0.2) is 0 Å². The summed E-state index contributed by atoms with van der Waals surface area (Å²) in [4.78, 5) is 22.3. The predicted octanol–water partition coefficient (Wildman–Crippen LogP) is -0.634. The number of carbonyl (C=O) groups is 2. The molecule has 1 aliphatic carbocycles. The average molecular weight is 213 g/mol. The van der Waals surface area contributed by atoms with Crippen LogP contribution < -0.4 is 16.4 Å². The predicted molar refractivity (Wildman–Crippen MR) is 57.0 cm³/mol. The van der Waals surface area contributed by atoms with Crippen molar-refractivity contribution in [3.8, 4) is 0 Å². The van der Waals surface area contributed by atoms with Crippen molar-refractivity contribution >= 4 is 11.8 Å². The molecule has 1 saturated carbocycles. The molecule has 86 valence electrons. The van der Waals surface area contributed by atoms with Crippen LogP contribution >= 0.6 is 0 Å². The van der Waals surface area contributed by atoms with Crippen LogP contribution in [0.25, 0.3) is 0 Å².